The summed E-state index contributed by atoms with van der Waals surface area (Å²) in [5, 5.41) is 0. The Hall–Kier alpha value is -2.40. The van der Waals surface area contributed by atoms with Crippen molar-refractivity contribution in [1.82, 2.24) is 4.90 Å². The Morgan fingerprint density at radius 1 is 1.04 bits per heavy atom. The molecule has 1 heterocycles. The smallest absolute Gasteiger partial charge is 0.395 e. The molecule has 10 heteroatoms. The van der Waals surface area contributed by atoms with Gasteiger partial charge in [-0.05, 0) is 113 Å². The van der Waals surface area contributed by atoms with Crippen LogP contribution in [0, 0.1) is 11.3 Å². The fourth-order valence-electron chi connectivity index (χ4n) is 6.86. The van der Waals surface area contributed by atoms with Gasteiger partial charge < -0.3 is 9.47 Å². The zero-order valence-corrected chi connectivity index (χ0v) is 28.9. The molecular formula is C36H50F3NO5S. The van der Waals surface area contributed by atoms with E-state index in [1.54, 1.807) is 7.11 Å². The molecule has 1 fully saturated rings. The molecule has 0 bridgehead atoms. The highest BCUT2D eigenvalue weighted by atomic mass is 32.2. The lowest BCUT2D eigenvalue weighted by Crippen LogP contribution is -2.47. The first-order chi connectivity index (χ1) is 21.4. The van der Waals surface area contributed by atoms with Crippen LogP contribution in [-0.2, 0) is 31.0 Å². The van der Waals surface area contributed by atoms with Crippen LogP contribution in [0.25, 0.3) is 5.57 Å². The van der Waals surface area contributed by atoms with Gasteiger partial charge in [0, 0.05) is 25.1 Å². The van der Waals surface area contributed by atoms with Crippen molar-refractivity contribution < 1.29 is 35.2 Å². The molecule has 1 saturated heterocycles. The molecule has 6 nitrogen and oxygen atoms in total. The zero-order chi connectivity index (χ0) is 33.8. The zero-order valence-electron chi connectivity index (χ0n) is 28.1. The molecule has 2 aromatic carbocycles. The molecule has 0 amide bonds. The van der Waals surface area contributed by atoms with E-state index in [-0.39, 0.29) is 30.1 Å². The number of nitrogens with zero attached hydrogens (tertiary/aromatic N) is 1. The van der Waals surface area contributed by atoms with Crippen LogP contribution in [0.15, 0.2) is 54.6 Å². The fraction of sp³-hybridized carbons (Fsp3) is 0.611. The number of benzene rings is 2. The summed E-state index contributed by atoms with van der Waals surface area (Å²) < 4.78 is 81.5. The van der Waals surface area contributed by atoms with Crippen LogP contribution in [0.3, 0.4) is 0 Å². The number of allylic oxidation sites excluding steroid dienone is 2. The summed E-state index contributed by atoms with van der Waals surface area (Å²) in [7, 11) is -1.82. The van der Waals surface area contributed by atoms with Gasteiger partial charge in [-0.1, -0.05) is 42.5 Å². The maximum Gasteiger partial charge on any atom is 0.395 e. The Labute approximate surface area is 273 Å². The van der Waals surface area contributed by atoms with E-state index in [2.05, 4.69) is 32.1 Å². The van der Waals surface area contributed by atoms with E-state index in [1.807, 2.05) is 41.3 Å². The maximum absolute atomic E-state index is 14.1. The molecule has 2 aliphatic rings. The third-order valence-electron chi connectivity index (χ3n) is 9.60. The lowest BCUT2D eigenvalue weighted by atomic mass is 9.67. The maximum atomic E-state index is 14.1. The predicted octanol–water partition coefficient (Wildman–Crippen LogP) is 8.16. The highest BCUT2D eigenvalue weighted by Gasteiger charge is 2.48. The van der Waals surface area contributed by atoms with Gasteiger partial charge in [-0.2, -0.15) is 21.6 Å². The van der Waals surface area contributed by atoms with Gasteiger partial charge in [0.15, 0.2) is 0 Å². The molecule has 0 saturated carbocycles. The molecule has 256 valence electrons. The van der Waals surface area contributed by atoms with Crippen LogP contribution in [0.2, 0.25) is 0 Å². The number of alkyl halides is 3. The van der Waals surface area contributed by atoms with E-state index >= 15 is 0 Å². The van der Waals surface area contributed by atoms with Crippen LogP contribution >= 0.6 is 0 Å². The SMILES string of the molecule is COc1ccc([C@]2(CCN(Cc3ccc(C4=CC[C@@H](COS(C)(=O)=O)CC4)cc3)CC(C)(C)C(F)(F)F)CCOC(C)(C)C2)cc1. The van der Waals surface area contributed by atoms with Gasteiger partial charge in [-0.3, -0.25) is 9.08 Å². The fourth-order valence-corrected chi connectivity index (χ4v) is 7.30. The highest BCUT2D eigenvalue weighted by molar-refractivity contribution is 7.85. The second-order valence-electron chi connectivity index (χ2n) is 14.4. The summed E-state index contributed by atoms with van der Waals surface area (Å²) in [4.78, 5) is 1.96. The highest BCUT2D eigenvalue weighted by Crippen LogP contribution is 2.45. The average molecular weight is 666 g/mol. The van der Waals surface area contributed by atoms with Crippen molar-refractivity contribution in [2.75, 3.05) is 39.7 Å². The van der Waals surface area contributed by atoms with Gasteiger partial charge in [0.2, 0.25) is 0 Å². The van der Waals surface area contributed by atoms with Gasteiger partial charge in [0.05, 0.1) is 31.0 Å². The number of rotatable bonds is 13. The molecule has 0 aromatic heterocycles. The van der Waals surface area contributed by atoms with Crippen molar-refractivity contribution in [2.24, 2.45) is 11.3 Å². The summed E-state index contributed by atoms with van der Waals surface area (Å²) >= 11 is 0. The first-order valence-corrected chi connectivity index (χ1v) is 17.9. The Bertz CT molecular complexity index is 1440. The summed E-state index contributed by atoms with van der Waals surface area (Å²) in [5.74, 6) is 0.929. The van der Waals surface area contributed by atoms with E-state index in [4.69, 9.17) is 13.7 Å². The molecule has 46 heavy (non-hydrogen) atoms. The van der Waals surface area contributed by atoms with Gasteiger partial charge >= 0.3 is 6.18 Å². The van der Waals surface area contributed by atoms with Gasteiger partial charge in [0.25, 0.3) is 10.1 Å². The average Bonchev–Trinajstić information content (AvgIpc) is 2.98. The lowest BCUT2D eigenvalue weighted by Gasteiger charge is -2.46. The van der Waals surface area contributed by atoms with Crippen LogP contribution < -0.4 is 4.74 Å². The monoisotopic (exact) mass is 665 g/mol. The largest absolute Gasteiger partial charge is 0.497 e. The number of methoxy groups -OCH3 is 1. The predicted molar refractivity (Wildman–Crippen MR) is 176 cm³/mol. The molecule has 0 spiro atoms. The van der Waals surface area contributed by atoms with Crippen molar-refractivity contribution >= 4 is 15.7 Å². The van der Waals surface area contributed by atoms with E-state index in [0.717, 1.165) is 60.8 Å². The Morgan fingerprint density at radius 3 is 2.26 bits per heavy atom. The van der Waals surface area contributed by atoms with Crippen LogP contribution in [0.4, 0.5) is 13.2 Å². The van der Waals surface area contributed by atoms with E-state index in [9.17, 15) is 21.6 Å². The molecule has 1 aliphatic heterocycles. The summed E-state index contributed by atoms with van der Waals surface area (Å²) in [5.41, 5.74) is 1.93. The van der Waals surface area contributed by atoms with E-state index in [0.29, 0.717) is 26.1 Å². The van der Waals surface area contributed by atoms with Gasteiger partial charge in [-0.15, -0.1) is 0 Å². The van der Waals surface area contributed by atoms with Crippen molar-refractivity contribution in [1.29, 1.82) is 0 Å². The second kappa shape index (κ2) is 14.4. The number of hydrogen-bond acceptors (Lipinski definition) is 6. The Balaban J connectivity index is 1.52. The minimum Gasteiger partial charge on any atom is -0.497 e. The van der Waals surface area contributed by atoms with Crippen LogP contribution in [-0.4, -0.2) is 64.8 Å². The molecule has 0 N–H and O–H groups in total. The van der Waals surface area contributed by atoms with Gasteiger partial charge in [-0.25, -0.2) is 0 Å². The lowest BCUT2D eigenvalue weighted by molar-refractivity contribution is -0.217. The van der Waals surface area contributed by atoms with Crippen LogP contribution in [0.5, 0.6) is 5.75 Å². The first-order valence-electron chi connectivity index (χ1n) is 16.1. The number of halogens is 3. The van der Waals surface area contributed by atoms with Crippen molar-refractivity contribution in [3.05, 3.63) is 71.3 Å². The van der Waals surface area contributed by atoms with Gasteiger partial charge in [0.1, 0.15) is 5.75 Å². The number of hydrogen-bond donors (Lipinski definition) is 0. The van der Waals surface area contributed by atoms with Crippen molar-refractivity contribution in [3.63, 3.8) is 0 Å². The summed E-state index contributed by atoms with van der Waals surface area (Å²) in [6.45, 7) is 8.32. The third kappa shape index (κ3) is 9.81. The van der Waals surface area contributed by atoms with Crippen molar-refractivity contribution in [3.8, 4) is 5.75 Å². The molecular weight excluding hydrogens is 615 g/mol. The normalized spacial score (nSPS) is 22.5. The molecule has 4 rings (SSSR count). The van der Waals surface area contributed by atoms with Crippen LogP contribution in [0.1, 0.15) is 82.9 Å². The number of ether oxygens (including phenoxy) is 2. The minimum absolute atomic E-state index is 0.112. The third-order valence-corrected chi connectivity index (χ3v) is 10.2. The quantitative estimate of drug-likeness (QED) is 0.201. The molecule has 0 radical (unpaired) electrons. The molecule has 1 aliphatic carbocycles. The van der Waals surface area contributed by atoms with Crippen molar-refractivity contribution in [2.45, 2.75) is 90.0 Å². The standard InChI is InChI=1S/C36H50F3NO5S/c1-33(2,36(37,38)39)26-40(21-19-35(20-22-44-34(3,4)25-35)31-15-17-32(43-5)18-16-31)23-27-7-11-29(12-8-27)30-13-9-28(10-14-30)24-45-46(6,41)42/h7-8,11-13,15-18,28H,9-10,14,19-26H2,1-6H3/t28-,35-/m1/s1. The summed E-state index contributed by atoms with van der Waals surface area (Å²) in [6.07, 6.45) is 3.53. The topological polar surface area (TPSA) is 65.1 Å². The first kappa shape index (κ1) is 36.4. The molecule has 2 aromatic rings. The Morgan fingerprint density at radius 2 is 1.72 bits per heavy atom. The minimum atomic E-state index is -4.33. The summed E-state index contributed by atoms with van der Waals surface area (Å²) in [6, 6.07) is 16.2. The molecule has 0 unspecified atom stereocenters. The van der Waals surface area contributed by atoms with E-state index < -0.39 is 21.7 Å². The Kier molecular flexibility index (Phi) is 11.4. The second-order valence-corrected chi connectivity index (χ2v) is 16.1. The van der Waals surface area contributed by atoms with E-state index in [1.165, 1.54) is 19.4 Å². The molecule has 2 atom stereocenters.